The lowest BCUT2D eigenvalue weighted by Crippen LogP contribution is -2.41. The number of carbonyl (C=O) groups excluding carboxylic acids is 1. The van der Waals surface area contributed by atoms with Gasteiger partial charge in [0.2, 0.25) is 0 Å². The quantitative estimate of drug-likeness (QED) is 0.825. The summed E-state index contributed by atoms with van der Waals surface area (Å²) >= 11 is 0. The summed E-state index contributed by atoms with van der Waals surface area (Å²) in [5.41, 5.74) is 1.67. The third kappa shape index (κ3) is 3.81. The van der Waals surface area contributed by atoms with E-state index in [1.807, 2.05) is 19.1 Å². The second-order valence-electron chi connectivity index (χ2n) is 5.09. The third-order valence-electron chi connectivity index (χ3n) is 3.49. The van der Waals surface area contributed by atoms with E-state index < -0.39 is 12.0 Å². The van der Waals surface area contributed by atoms with Crippen molar-refractivity contribution in [1.82, 2.24) is 5.32 Å². The van der Waals surface area contributed by atoms with Crippen LogP contribution in [0.3, 0.4) is 0 Å². The summed E-state index contributed by atoms with van der Waals surface area (Å²) in [4.78, 5) is 23.1. The molecule has 1 aromatic carbocycles. The van der Waals surface area contributed by atoms with Crippen molar-refractivity contribution in [3.8, 4) is 0 Å². The van der Waals surface area contributed by atoms with Gasteiger partial charge in [-0.3, -0.25) is 4.79 Å². The van der Waals surface area contributed by atoms with Crippen molar-refractivity contribution < 1.29 is 14.7 Å². The highest BCUT2D eigenvalue weighted by Gasteiger charge is 2.30. The van der Waals surface area contributed by atoms with Crippen LogP contribution in [-0.4, -0.2) is 23.0 Å². The van der Waals surface area contributed by atoms with E-state index in [9.17, 15) is 9.59 Å². The maximum Gasteiger partial charge on any atom is 0.326 e. The molecule has 1 aliphatic rings. The molecule has 102 valence electrons. The van der Waals surface area contributed by atoms with Crippen molar-refractivity contribution in [2.24, 2.45) is 5.92 Å². The van der Waals surface area contributed by atoms with Crippen LogP contribution in [0, 0.1) is 5.92 Å². The fourth-order valence-corrected chi connectivity index (χ4v) is 2.04. The molecule has 1 saturated carbocycles. The molecule has 1 aromatic rings. The molecule has 1 fully saturated rings. The zero-order valence-electron chi connectivity index (χ0n) is 11.1. The highest BCUT2D eigenvalue weighted by Crippen LogP contribution is 2.33. The van der Waals surface area contributed by atoms with Crippen molar-refractivity contribution in [3.05, 3.63) is 35.4 Å². The van der Waals surface area contributed by atoms with Crippen LogP contribution in [0.5, 0.6) is 0 Å². The van der Waals surface area contributed by atoms with Crippen molar-refractivity contribution in [1.29, 1.82) is 0 Å². The first kappa shape index (κ1) is 13.6. The molecule has 0 spiro atoms. The molecule has 0 bridgehead atoms. The van der Waals surface area contributed by atoms with Crippen LogP contribution in [0.4, 0.5) is 0 Å². The van der Waals surface area contributed by atoms with E-state index in [2.05, 4.69) is 5.32 Å². The number of hydrogen-bond acceptors (Lipinski definition) is 2. The number of amides is 1. The van der Waals surface area contributed by atoms with Gasteiger partial charge in [0.05, 0.1) is 0 Å². The summed E-state index contributed by atoms with van der Waals surface area (Å²) in [6, 6.07) is 6.50. The predicted octanol–water partition coefficient (Wildman–Crippen LogP) is 2.23. The van der Waals surface area contributed by atoms with Crippen molar-refractivity contribution >= 4 is 11.9 Å². The molecule has 0 saturated heterocycles. The Morgan fingerprint density at radius 3 is 2.42 bits per heavy atom. The van der Waals surface area contributed by atoms with Crippen LogP contribution >= 0.6 is 0 Å². The minimum absolute atomic E-state index is 0.310. The van der Waals surface area contributed by atoms with Gasteiger partial charge in [0.1, 0.15) is 6.04 Å². The van der Waals surface area contributed by atoms with Crippen LogP contribution in [0.2, 0.25) is 0 Å². The van der Waals surface area contributed by atoms with Crippen LogP contribution in [0.25, 0.3) is 0 Å². The molecule has 2 N–H and O–H groups in total. The Bertz CT molecular complexity index is 463. The normalized spacial score (nSPS) is 15.8. The molecule has 19 heavy (non-hydrogen) atoms. The first-order valence-electron chi connectivity index (χ1n) is 6.72. The lowest BCUT2D eigenvalue weighted by atomic mass is 10.1. The van der Waals surface area contributed by atoms with Gasteiger partial charge < -0.3 is 10.4 Å². The van der Waals surface area contributed by atoms with E-state index in [1.54, 1.807) is 12.1 Å². The number of aryl methyl sites for hydroxylation is 1. The number of hydrogen-bond donors (Lipinski definition) is 2. The Balaban J connectivity index is 1.98. The van der Waals surface area contributed by atoms with Gasteiger partial charge in [-0.1, -0.05) is 31.9 Å². The predicted molar refractivity (Wildman–Crippen MR) is 72.1 cm³/mol. The zero-order valence-corrected chi connectivity index (χ0v) is 11.1. The summed E-state index contributed by atoms with van der Waals surface area (Å²) < 4.78 is 0. The molecule has 2 rings (SSSR count). The van der Waals surface area contributed by atoms with Crippen molar-refractivity contribution in [3.63, 3.8) is 0 Å². The Morgan fingerprint density at radius 1 is 1.32 bits per heavy atom. The fourth-order valence-electron chi connectivity index (χ4n) is 2.04. The summed E-state index contributed by atoms with van der Waals surface area (Å²) in [7, 11) is 0. The first-order valence-corrected chi connectivity index (χ1v) is 6.72. The van der Waals surface area contributed by atoms with Gasteiger partial charge in [-0.2, -0.15) is 0 Å². The third-order valence-corrected chi connectivity index (χ3v) is 3.49. The van der Waals surface area contributed by atoms with Crippen LogP contribution in [0.1, 0.15) is 42.1 Å². The molecule has 0 heterocycles. The van der Waals surface area contributed by atoms with Gasteiger partial charge in [-0.05, 0) is 36.5 Å². The highest BCUT2D eigenvalue weighted by atomic mass is 16.4. The molecule has 4 nitrogen and oxygen atoms in total. The summed E-state index contributed by atoms with van der Waals surface area (Å²) in [5, 5.41) is 11.7. The van der Waals surface area contributed by atoms with Crippen molar-refractivity contribution in [2.75, 3.05) is 0 Å². The van der Waals surface area contributed by atoms with Gasteiger partial charge in [0.15, 0.2) is 0 Å². The first-order chi connectivity index (χ1) is 9.10. The minimum atomic E-state index is -0.953. The van der Waals surface area contributed by atoms with E-state index >= 15 is 0 Å². The molecular formula is C15H19NO3. The molecule has 0 aromatic heterocycles. The van der Waals surface area contributed by atoms with E-state index in [4.69, 9.17) is 5.11 Å². The summed E-state index contributed by atoms with van der Waals surface area (Å²) in [6.07, 6.45) is 3.60. The number of nitrogens with one attached hydrogen (secondary N) is 1. The van der Waals surface area contributed by atoms with Gasteiger partial charge in [0, 0.05) is 5.56 Å². The Morgan fingerprint density at radius 2 is 1.95 bits per heavy atom. The Labute approximate surface area is 112 Å². The number of aliphatic carboxylic acids is 1. The molecule has 0 radical (unpaired) electrons. The van der Waals surface area contributed by atoms with Gasteiger partial charge >= 0.3 is 5.97 Å². The monoisotopic (exact) mass is 261 g/mol. The molecule has 1 atom stereocenters. The second-order valence-corrected chi connectivity index (χ2v) is 5.09. The van der Waals surface area contributed by atoms with E-state index in [-0.39, 0.29) is 5.91 Å². The topological polar surface area (TPSA) is 66.4 Å². The van der Waals surface area contributed by atoms with Crippen LogP contribution < -0.4 is 5.32 Å². The van der Waals surface area contributed by atoms with Gasteiger partial charge in [-0.15, -0.1) is 0 Å². The Kier molecular flexibility index (Phi) is 4.20. The smallest absolute Gasteiger partial charge is 0.326 e. The number of carboxylic acids is 1. The number of carboxylic acid groups (broad SMARTS) is 1. The van der Waals surface area contributed by atoms with E-state index in [1.165, 1.54) is 0 Å². The average molecular weight is 261 g/mol. The average Bonchev–Trinajstić information content (AvgIpc) is 3.22. The zero-order chi connectivity index (χ0) is 13.8. The maximum atomic E-state index is 12.0. The summed E-state index contributed by atoms with van der Waals surface area (Å²) in [5.74, 6) is -0.801. The Hall–Kier alpha value is -1.84. The SMILES string of the molecule is CCc1ccc(C(=O)NC(CC2CC2)C(=O)O)cc1. The lowest BCUT2D eigenvalue weighted by molar-refractivity contribution is -0.139. The number of benzene rings is 1. The van der Waals surface area contributed by atoms with E-state index in [0.717, 1.165) is 24.8 Å². The summed E-state index contributed by atoms with van der Waals surface area (Å²) in [6.45, 7) is 2.05. The van der Waals surface area contributed by atoms with E-state index in [0.29, 0.717) is 17.9 Å². The fraction of sp³-hybridized carbons (Fsp3) is 0.467. The highest BCUT2D eigenvalue weighted by molar-refractivity contribution is 5.96. The largest absolute Gasteiger partial charge is 0.480 e. The maximum absolute atomic E-state index is 12.0. The van der Waals surface area contributed by atoms with Crippen molar-refractivity contribution in [2.45, 2.75) is 38.6 Å². The molecule has 1 aliphatic carbocycles. The molecule has 1 amide bonds. The minimum Gasteiger partial charge on any atom is -0.480 e. The molecule has 4 heteroatoms. The van der Waals surface area contributed by atoms with Gasteiger partial charge in [-0.25, -0.2) is 4.79 Å². The standard InChI is InChI=1S/C15H19NO3/c1-2-10-5-7-12(8-6-10)14(17)16-13(15(18)19)9-11-3-4-11/h5-8,11,13H,2-4,9H2,1H3,(H,16,17)(H,18,19). The lowest BCUT2D eigenvalue weighted by Gasteiger charge is -2.14. The number of rotatable bonds is 6. The van der Waals surface area contributed by atoms with Crippen LogP contribution in [-0.2, 0) is 11.2 Å². The number of carbonyl (C=O) groups is 2. The second kappa shape index (κ2) is 5.87. The van der Waals surface area contributed by atoms with Gasteiger partial charge in [0.25, 0.3) is 5.91 Å². The molecule has 1 unspecified atom stereocenters. The van der Waals surface area contributed by atoms with Crippen LogP contribution in [0.15, 0.2) is 24.3 Å². The molecular weight excluding hydrogens is 242 g/mol. The molecule has 0 aliphatic heterocycles.